The average Bonchev–Trinajstić information content (AvgIpc) is 2.20. The third kappa shape index (κ3) is 2.57. The fraction of sp³-hybridized carbons (Fsp3) is 0.500. The molecule has 1 unspecified atom stereocenters. The van der Waals surface area contributed by atoms with Gasteiger partial charge in [0, 0.05) is 19.5 Å². The molecule has 1 rings (SSSR count). The molecule has 0 spiro atoms. The summed E-state index contributed by atoms with van der Waals surface area (Å²) >= 11 is -2.20. The maximum absolute atomic E-state index is 10.7. The molecule has 0 saturated heterocycles. The highest BCUT2D eigenvalue weighted by molar-refractivity contribution is 7.79. The summed E-state index contributed by atoms with van der Waals surface area (Å²) in [4.78, 5) is 7.89. The van der Waals surface area contributed by atoms with Gasteiger partial charge in [-0.3, -0.25) is 4.21 Å². The Morgan fingerprint density at radius 1 is 1.50 bits per heavy atom. The van der Waals surface area contributed by atoms with Crippen molar-refractivity contribution in [3.63, 3.8) is 0 Å². The van der Waals surface area contributed by atoms with Crippen LogP contribution in [0.3, 0.4) is 0 Å². The van der Waals surface area contributed by atoms with Crippen LogP contribution in [0, 0.1) is 0 Å². The zero-order valence-electron chi connectivity index (χ0n) is 7.91. The van der Waals surface area contributed by atoms with Crippen LogP contribution in [0.25, 0.3) is 0 Å². The van der Waals surface area contributed by atoms with Crippen molar-refractivity contribution in [2.75, 3.05) is 7.11 Å². The quantitative estimate of drug-likeness (QED) is 0.681. The van der Waals surface area contributed by atoms with Gasteiger partial charge in [0.2, 0.25) is 0 Å². The van der Waals surface area contributed by atoms with Crippen LogP contribution in [-0.2, 0) is 15.8 Å². The SMILES string of the molecule is CO[C@H](c1ncccn1)[C@H](C)S(=O)[O-]. The summed E-state index contributed by atoms with van der Waals surface area (Å²) < 4.78 is 26.5. The van der Waals surface area contributed by atoms with Crippen LogP contribution in [0.15, 0.2) is 18.5 Å². The monoisotopic (exact) mass is 215 g/mol. The van der Waals surface area contributed by atoms with Crippen molar-refractivity contribution in [1.82, 2.24) is 9.97 Å². The molecule has 0 fully saturated rings. The Bertz CT molecular complexity index is 307. The van der Waals surface area contributed by atoms with Crippen LogP contribution in [-0.4, -0.2) is 31.1 Å². The molecular weight excluding hydrogens is 204 g/mol. The molecule has 0 amide bonds. The number of methoxy groups -OCH3 is 1. The normalized spacial score (nSPS) is 17.4. The van der Waals surface area contributed by atoms with E-state index < -0.39 is 22.4 Å². The summed E-state index contributed by atoms with van der Waals surface area (Å²) in [6, 6.07) is 1.66. The van der Waals surface area contributed by atoms with E-state index in [0.717, 1.165) is 0 Å². The standard InChI is InChI=1S/C8H12N2O3S/c1-6(14(11)12)7(13-2)8-9-4-3-5-10-8/h3-7H,1-2H3,(H,11,12)/p-1/t6-,7-/m0/s1. The smallest absolute Gasteiger partial charge is 0.158 e. The highest BCUT2D eigenvalue weighted by atomic mass is 32.2. The minimum Gasteiger partial charge on any atom is -0.772 e. The molecular formula is C8H11N2O3S-. The summed E-state index contributed by atoms with van der Waals surface area (Å²) in [7, 11) is 1.43. The lowest BCUT2D eigenvalue weighted by Crippen LogP contribution is -2.23. The molecule has 3 atom stereocenters. The average molecular weight is 215 g/mol. The Kier molecular flexibility index (Phi) is 4.12. The van der Waals surface area contributed by atoms with E-state index in [1.54, 1.807) is 25.4 Å². The number of ether oxygens (including phenoxy) is 1. The molecule has 0 radical (unpaired) electrons. The summed E-state index contributed by atoms with van der Waals surface area (Å²) in [6.45, 7) is 1.55. The molecule has 0 aromatic carbocycles. The third-order valence-electron chi connectivity index (χ3n) is 1.82. The molecule has 0 saturated carbocycles. The van der Waals surface area contributed by atoms with Crippen molar-refractivity contribution in [2.24, 2.45) is 0 Å². The first-order valence-electron chi connectivity index (χ1n) is 4.04. The van der Waals surface area contributed by atoms with Gasteiger partial charge in [0.05, 0.1) is 5.25 Å². The van der Waals surface area contributed by atoms with E-state index >= 15 is 0 Å². The van der Waals surface area contributed by atoms with Gasteiger partial charge in [-0.15, -0.1) is 0 Å². The summed E-state index contributed by atoms with van der Waals surface area (Å²) in [5, 5.41) is -0.664. The van der Waals surface area contributed by atoms with Gasteiger partial charge in [-0.05, 0) is 24.1 Å². The van der Waals surface area contributed by atoms with E-state index in [1.807, 2.05) is 0 Å². The first kappa shape index (κ1) is 11.2. The molecule has 0 aliphatic carbocycles. The first-order valence-corrected chi connectivity index (χ1v) is 5.18. The second kappa shape index (κ2) is 5.14. The molecule has 0 N–H and O–H groups in total. The Morgan fingerprint density at radius 2 is 2.07 bits per heavy atom. The van der Waals surface area contributed by atoms with Crippen molar-refractivity contribution in [3.05, 3.63) is 24.3 Å². The second-order valence-electron chi connectivity index (χ2n) is 2.73. The van der Waals surface area contributed by atoms with Crippen molar-refractivity contribution in [1.29, 1.82) is 0 Å². The van der Waals surface area contributed by atoms with Crippen LogP contribution < -0.4 is 0 Å². The van der Waals surface area contributed by atoms with E-state index in [4.69, 9.17) is 4.74 Å². The highest BCUT2D eigenvalue weighted by Crippen LogP contribution is 2.19. The van der Waals surface area contributed by atoms with E-state index in [0.29, 0.717) is 5.82 Å². The Balaban J connectivity index is 2.87. The number of hydrogen-bond donors (Lipinski definition) is 0. The maximum atomic E-state index is 10.7. The van der Waals surface area contributed by atoms with Crippen molar-refractivity contribution in [2.45, 2.75) is 18.3 Å². The summed E-state index contributed by atoms with van der Waals surface area (Å²) in [5.74, 6) is 0.381. The molecule has 5 nitrogen and oxygen atoms in total. The predicted molar refractivity (Wildman–Crippen MR) is 50.2 cm³/mol. The molecule has 14 heavy (non-hydrogen) atoms. The fourth-order valence-corrected chi connectivity index (χ4v) is 1.50. The minimum atomic E-state index is -2.20. The zero-order chi connectivity index (χ0) is 10.6. The summed E-state index contributed by atoms with van der Waals surface area (Å²) in [5.41, 5.74) is 0. The maximum Gasteiger partial charge on any atom is 0.158 e. The lowest BCUT2D eigenvalue weighted by Gasteiger charge is -2.22. The first-order chi connectivity index (χ1) is 6.66. The largest absolute Gasteiger partial charge is 0.772 e. The van der Waals surface area contributed by atoms with Crippen molar-refractivity contribution >= 4 is 11.1 Å². The Hall–Kier alpha value is -0.850. The number of hydrogen-bond acceptors (Lipinski definition) is 5. The van der Waals surface area contributed by atoms with Crippen LogP contribution >= 0.6 is 0 Å². The van der Waals surface area contributed by atoms with Crippen LogP contribution in [0.5, 0.6) is 0 Å². The van der Waals surface area contributed by atoms with Gasteiger partial charge in [-0.2, -0.15) is 0 Å². The van der Waals surface area contributed by atoms with Gasteiger partial charge < -0.3 is 9.29 Å². The fourth-order valence-electron chi connectivity index (χ4n) is 1.07. The third-order valence-corrected chi connectivity index (χ3v) is 2.68. The molecule has 1 aromatic heterocycles. The van der Waals surface area contributed by atoms with Crippen LogP contribution in [0.2, 0.25) is 0 Å². The molecule has 6 heteroatoms. The van der Waals surface area contributed by atoms with Gasteiger partial charge in [-0.1, -0.05) is 0 Å². The molecule has 1 heterocycles. The van der Waals surface area contributed by atoms with Gasteiger partial charge in [-0.25, -0.2) is 9.97 Å². The second-order valence-corrected chi connectivity index (χ2v) is 3.99. The summed E-state index contributed by atoms with van der Waals surface area (Å²) in [6.07, 6.45) is 2.48. The predicted octanol–water partition coefficient (Wildman–Crippen LogP) is 0.432. The van der Waals surface area contributed by atoms with Crippen LogP contribution in [0.4, 0.5) is 0 Å². The topological polar surface area (TPSA) is 75.1 Å². The van der Waals surface area contributed by atoms with Gasteiger partial charge in [0.25, 0.3) is 0 Å². The number of rotatable bonds is 4. The van der Waals surface area contributed by atoms with Crippen LogP contribution in [0.1, 0.15) is 18.9 Å². The Morgan fingerprint density at radius 3 is 2.50 bits per heavy atom. The highest BCUT2D eigenvalue weighted by Gasteiger charge is 2.21. The number of aromatic nitrogens is 2. The van der Waals surface area contributed by atoms with Crippen molar-refractivity contribution < 1.29 is 13.5 Å². The van der Waals surface area contributed by atoms with Crippen molar-refractivity contribution in [3.8, 4) is 0 Å². The Labute approximate surface area is 84.8 Å². The zero-order valence-corrected chi connectivity index (χ0v) is 8.73. The lowest BCUT2D eigenvalue weighted by molar-refractivity contribution is 0.0943. The number of nitrogens with zero attached hydrogens (tertiary/aromatic N) is 2. The molecule has 0 aliphatic rings. The van der Waals surface area contributed by atoms with E-state index in [9.17, 15) is 8.76 Å². The van der Waals surface area contributed by atoms with Gasteiger partial charge in [0.15, 0.2) is 5.82 Å². The van der Waals surface area contributed by atoms with E-state index in [2.05, 4.69) is 9.97 Å². The molecule has 78 valence electrons. The minimum absolute atomic E-state index is 0.381. The van der Waals surface area contributed by atoms with E-state index in [-0.39, 0.29) is 0 Å². The molecule has 1 aromatic rings. The van der Waals surface area contributed by atoms with Gasteiger partial charge >= 0.3 is 0 Å². The molecule has 0 aliphatic heterocycles. The van der Waals surface area contributed by atoms with Gasteiger partial charge in [0.1, 0.15) is 6.10 Å². The van der Waals surface area contributed by atoms with E-state index in [1.165, 1.54) is 7.11 Å². The molecule has 0 bridgehead atoms. The lowest BCUT2D eigenvalue weighted by atomic mass is 10.2.